The van der Waals surface area contributed by atoms with Gasteiger partial charge in [0.05, 0.1) is 16.7 Å². The number of piperidine rings is 1. The summed E-state index contributed by atoms with van der Waals surface area (Å²) in [6.07, 6.45) is 4.71. The van der Waals surface area contributed by atoms with Crippen molar-refractivity contribution in [2.45, 2.75) is 43.9 Å². The van der Waals surface area contributed by atoms with Crippen LogP contribution in [-0.4, -0.2) is 41.3 Å². The lowest BCUT2D eigenvalue weighted by Crippen LogP contribution is -2.47. The summed E-state index contributed by atoms with van der Waals surface area (Å²) < 4.78 is 6.07. The number of rotatable bonds is 4. The molecule has 5 heteroatoms. The average Bonchev–Trinajstić information content (AvgIpc) is 2.67. The fraction of sp³-hybridized carbons (Fsp3) is 0.600. The minimum Gasteiger partial charge on any atom is -0.490 e. The zero-order valence-corrected chi connectivity index (χ0v) is 12.8. The van der Waals surface area contributed by atoms with Crippen LogP contribution < -0.4 is 4.74 Å². The Morgan fingerprint density at radius 3 is 2.45 bits per heavy atom. The van der Waals surface area contributed by atoms with E-state index in [0.717, 1.165) is 25.1 Å². The Balaban J connectivity index is 1.64. The van der Waals surface area contributed by atoms with Gasteiger partial charge in [-0.05, 0) is 37.8 Å². The van der Waals surface area contributed by atoms with Gasteiger partial charge in [0.25, 0.3) is 0 Å². The lowest BCUT2D eigenvalue weighted by molar-refractivity contribution is 0.0391. The first-order valence-electron chi connectivity index (χ1n) is 7.15. The molecule has 2 heterocycles. The topological polar surface area (TPSA) is 32.7 Å². The van der Waals surface area contributed by atoms with E-state index >= 15 is 0 Å². The van der Waals surface area contributed by atoms with E-state index in [0.29, 0.717) is 22.1 Å². The Hall–Kier alpha value is -0.480. The number of ether oxygens (including phenoxy) is 1. The highest BCUT2D eigenvalue weighted by molar-refractivity contribution is 6.42. The molecular weight excluding hydrogens is 297 g/mol. The third-order valence-electron chi connectivity index (χ3n) is 4.39. The Morgan fingerprint density at radius 1 is 1.15 bits per heavy atom. The molecule has 1 aromatic carbocycles. The summed E-state index contributed by atoms with van der Waals surface area (Å²) in [5.74, 6) is 0.791. The van der Waals surface area contributed by atoms with Crippen LogP contribution >= 0.6 is 23.2 Å². The zero-order valence-electron chi connectivity index (χ0n) is 11.3. The first kappa shape index (κ1) is 14.5. The van der Waals surface area contributed by atoms with E-state index in [-0.39, 0.29) is 12.7 Å². The van der Waals surface area contributed by atoms with E-state index in [4.69, 9.17) is 33.0 Å². The lowest BCUT2D eigenvalue weighted by atomic mass is 9.99. The molecule has 1 aromatic rings. The second-order valence-corrected chi connectivity index (χ2v) is 6.45. The molecule has 20 heavy (non-hydrogen) atoms. The SMILES string of the molecule is OCCN1[C@@H]2CC[C@H]1CC(Oc1ccc(Cl)c(Cl)c1)C2. The predicted octanol–water partition coefficient (Wildman–Crippen LogP) is 3.36. The van der Waals surface area contributed by atoms with Crippen LogP contribution in [0.5, 0.6) is 5.75 Å². The van der Waals surface area contributed by atoms with Crippen LogP contribution in [0.3, 0.4) is 0 Å². The molecular formula is C15H19Cl2NO2. The van der Waals surface area contributed by atoms with E-state index in [1.165, 1.54) is 12.8 Å². The molecule has 3 nitrogen and oxygen atoms in total. The Labute approximate surface area is 129 Å². The zero-order chi connectivity index (χ0) is 14.1. The van der Waals surface area contributed by atoms with Crippen molar-refractivity contribution in [2.75, 3.05) is 13.2 Å². The minimum absolute atomic E-state index is 0.236. The third kappa shape index (κ3) is 2.91. The molecule has 0 amide bonds. The van der Waals surface area contributed by atoms with Crippen LogP contribution in [0.1, 0.15) is 25.7 Å². The maximum absolute atomic E-state index is 9.14. The summed E-state index contributed by atoms with van der Waals surface area (Å²) >= 11 is 11.9. The third-order valence-corrected chi connectivity index (χ3v) is 5.13. The van der Waals surface area contributed by atoms with Gasteiger partial charge in [0, 0.05) is 24.7 Å². The highest BCUT2D eigenvalue weighted by Crippen LogP contribution is 2.37. The van der Waals surface area contributed by atoms with E-state index in [1.807, 2.05) is 6.07 Å². The number of aliphatic hydroxyl groups is 1. The molecule has 2 aliphatic rings. The van der Waals surface area contributed by atoms with Crippen LogP contribution in [0.2, 0.25) is 10.0 Å². The van der Waals surface area contributed by atoms with Gasteiger partial charge in [-0.2, -0.15) is 0 Å². The van der Waals surface area contributed by atoms with Crippen LogP contribution in [0, 0.1) is 0 Å². The summed E-state index contributed by atoms with van der Waals surface area (Å²) in [4.78, 5) is 2.44. The molecule has 110 valence electrons. The van der Waals surface area contributed by atoms with Crippen molar-refractivity contribution in [3.8, 4) is 5.75 Å². The molecule has 0 spiro atoms. The summed E-state index contributed by atoms with van der Waals surface area (Å²) in [6, 6.07) is 6.53. The van der Waals surface area contributed by atoms with Crippen molar-refractivity contribution < 1.29 is 9.84 Å². The number of halogens is 2. The van der Waals surface area contributed by atoms with Crippen molar-refractivity contribution in [3.05, 3.63) is 28.2 Å². The monoisotopic (exact) mass is 315 g/mol. The lowest BCUT2D eigenvalue weighted by Gasteiger charge is -2.38. The van der Waals surface area contributed by atoms with Crippen molar-refractivity contribution in [3.63, 3.8) is 0 Å². The van der Waals surface area contributed by atoms with E-state index in [2.05, 4.69) is 4.90 Å². The van der Waals surface area contributed by atoms with E-state index in [9.17, 15) is 0 Å². The normalized spacial score (nSPS) is 29.6. The van der Waals surface area contributed by atoms with Crippen molar-refractivity contribution >= 4 is 23.2 Å². The van der Waals surface area contributed by atoms with Crippen molar-refractivity contribution in [2.24, 2.45) is 0 Å². The fourth-order valence-electron chi connectivity index (χ4n) is 3.54. The van der Waals surface area contributed by atoms with Crippen LogP contribution in [0.4, 0.5) is 0 Å². The molecule has 0 saturated carbocycles. The quantitative estimate of drug-likeness (QED) is 0.924. The molecule has 0 aromatic heterocycles. The van der Waals surface area contributed by atoms with Gasteiger partial charge in [-0.15, -0.1) is 0 Å². The largest absolute Gasteiger partial charge is 0.490 e. The van der Waals surface area contributed by atoms with Gasteiger partial charge in [0.2, 0.25) is 0 Å². The molecule has 0 aliphatic carbocycles. The van der Waals surface area contributed by atoms with E-state index in [1.54, 1.807) is 12.1 Å². The number of hydrogen-bond donors (Lipinski definition) is 1. The smallest absolute Gasteiger partial charge is 0.121 e. The summed E-state index contributed by atoms with van der Waals surface area (Å²) in [5, 5.41) is 10.2. The maximum atomic E-state index is 9.14. The van der Waals surface area contributed by atoms with Crippen LogP contribution in [-0.2, 0) is 0 Å². The number of hydrogen-bond acceptors (Lipinski definition) is 3. The number of fused-ring (bicyclic) bond motifs is 2. The van der Waals surface area contributed by atoms with Gasteiger partial charge < -0.3 is 9.84 Å². The standard InChI is InChI=1S/C15H19Cl2NO2/c16-14-4-3-12(9-15(14)17)20-13-7-10-1-2-11(8-13)18(10)5-6-19/h3-4,9-11,13,19H,1-2,5-8H2/t10-,11+,13?. The van der Waals surface area contributed by atoms with Gasteiger partial charge in [-0.3, -0.25) is 4.90 Å². The molecule has 1 N–H and O–H groups in total. The molecule has 2 fully saturated rings. The van der Waals surface area contributed by atoms with Crippen LogP contribution in [0.15, 0.2) is 18.2 Å². The number of aliphatic hydroxyl groups excluding tert-OH is 1. The molecule has 2 aliphatic heterocycles. The molecule has 1 unspecified atom stereocenters. The van der Waals surface area contributed by atoms with Gasteiger partial charge in [0.15, 0.2) is 0 Å². The summed E-state index contributed by atoms with van der Waals surface area (Å²) in [5.41, 5.74) is 0. The molecule has 2 bridgehead atoms. The Morgan fingerprint density at radius 2 is 1.85 bits per heavy atom. The summed E-state index contributed by atoms with van der Waals surface area (Å²) in [6.45, 7) is 1.03. The Kier molecular flexibility index (Phi) is 4.41. The molecule has 2 saturated heterocycles. The molecule has 3 atom stereocenters. The fourth-order valence-corrected chi connectivity index (χ4v) is 3.83. The molecule has 0 radical (unpaired) electrons. The van der Waals surface area contributed by atoms with Crippen molar-refractivity contribution in [1.29, 1.82) is 0 Å². The Bertz CT molecular complexity index is 469. The van der Waals surface area contributed by atoms with Gasteiger partial charge in [-0.1, -0.05) is 23.2 Å². The van der Waals surface area contributed by atoms with Crippen LogP contribution in [0.25, 0.3) is 0 Å². The summed E-state index contributed by atoms with van der Waals surface area (Å²) in [7, 11) is 0. The predicted molar refractivity (Wildman–Crippen MR) is 80.7 cm³/mol. The highest BCUT2D eigenvalue weighted by atomic mass is 35.5. The van der Waals surface area contributed by atoms with Gasteiger partial charge in [0.1, 0.15) is 11.9 Å². The first-order chi connectivity index (χ1) is 9.67. The van der Waals surface area contributed by atoms with Gasteiger partial charge >= 0.3 is 0 Å². The van der Waals surface area contributed by atoms with E-state index < -0.39 is 0 Å². The second-order valence-electron chi connectivity index (χ2n) is 5.63. The van der Waals surface area contributed by atoms with Crippen molar-refractivity contribution in [1.82, 2.24) is 4.90 Å². The highest BCUT2D eigenvalue weighted by Gasteiger charge is 2.41. The average molecular weight is 316 g/mol. The minimum atomic E-state index is 0.236. The maximum Gasteiger partial charge on any atom is 0.121 e. The second kappa shape index (κ2) is 6.10. The number of nitrogens with zero attached hydrogens (tertiary/aromatic N) is 1. The number of benzene rings is 1. The van der Waals surface area contributed by atoms with Gasteiger partial charge in [-0.25, -0.2) is 0 Å². The molecule has 3 rings (SSSR count). The first-order valence-corrected chi connectivity index (χ1v) is 7.91.